The molecule has 0 saturated carbocycles. The highest BCUT2D eigenvalue weighted by molar-refractivity contribution is 9.09. The monoisotopic (exact) mass is 769 g/mol. The summed E-state index contributed by atoms with van der Waals surface area (Å²) in [6, 6.07) is 13.5. The number of fused-ring (bicyclic) bond motifs is 1. The average Bonchev–Trinajstić information content (AvgIpc) is 3.70. The van der Waals surface area contributed by atoms with E-state index in [-0.39, 0.29) is 43.3 Å². The fourth-order valence-corrected chi connectivity index (χ4v) is 8.94. The molecule has 268 valence electrons. The molecular formula is C38H45BrClN3O7. The third-order valence-electron chi connectivity index (χ3n) is 9.81. The predicted octanol–water partition coefficient (Wildman–Crippen LogP) is 5.38. The Labute approximate surface area is 306 Å². The lowest BCUT2D eigenvalue weighted by Gasteiger charge is -2.40. The maximum Gasteiger partial charge on any atom is 0.306 e. The van der Waals surface area contributed by atoms with Gasteiger partial charge in [0, 0.05) is 17.8 Å². The van der Waals surface area contributed by atoms with Crippen LogP contribution in [0.4, 0.5) is 5.69 Å². The van der Waals surface area contributed by atoms with Crippen LogP contribution in [0.2, 0.25) is 5.02 Å². The molecule has 3 heterocycles. The quantitative estimate of drug-likeness (QED) is 0.134. The van der Waals surface area contributed by atoms with Crippen LogP contribution in [-0.4, -0.2) is 82.1 Å². The Morgan fingerprint density at radius 2 is 1.86 bits per heavy atom. The van der Waals surface area contributed by atoms with E-state index in [0.29, 0.717) is 23.6 Å². The number of aliphatic hydroxyl groups excluding tert-OH is 1. The molecule has 1 spiro atoms. The maximum absolute atomic E-state index is 14.9. The number of nitrogens with one attached hydrogen (secondary N) is 1. The van der Waals surface area contributed by atoms with Gasteiger partial charge in [-0.2, -0.15) is 0 Å². The number of esters is 1. The molecule has 50 heavy (non-hydrogen) atoms. The van der Waals surface area contributed by atoms with E-state index in [1.165, 1.54) is 9.80 Å². The van der Waals surface area contributed by atoms with Crippen LogP contribution in [0.25, 0.3) is 0 Å². The van der Waals surface area contributed by atoms with E-state index in [9.17, 15) is 24.3 Å². The Hall–Kier alpha value is -3.51. The van der Waals surface area contributed by atoms with Crippen molar-refractivity contribution in [3.63, 3.8) is 0 Å². The number of carbonyl (C=O) groups excluding carboxylic acids is 4. The second-order valence-corrected chi connectivity index (χ2v) is 15.1. The molecule has 3 aliphatic rings. The van der Waals surface area contributed by atoms with E-state index in [2.05, 4.69) is 34.4 Å². The number of amides is 3. The summed E-state index contributed by atoms with van der Waals surface area (Å²) in [5.74, 6) is -3.64. The Balaban J connectivity index is 1.54. The molecule has 3 fully saturated rings. The van der Waals surface area contributed by atoms with Crippen LogP contribution in [0, 0.1) is 17.8 Å². The lowest BCUT2D eigenvalue weighted by atomic mass is 9.70. The van der Waals surface area contributed by atoms with Crippen LogP contribution in [0.15, 0.2) is 79.9 Å². The minimum absolute atomic E-state index is 0.0857. The zero-order valence-electron chi connectivity index (χ0n) is 28.4. The van der Waals surface area contributed by atoms with Crippen molar-refractivity contribution in [2.45, 2.75) is 74.2 Å². The second kappa shape index (κ2) is 16.2. The standard InChI is InChI=1S/C38H45BrClN3O7/c1-5-7-17-30(45)49-22-28(24-13-9-8-10-14-24)41-35(46)31-32-36(47)43(25(21-44)19-23(3)4)34(38(32)20-26(39)33(31)50-38)37(48)42(18-6-2)29-16-12-11-15-27(29)40/h5-6,8-16,23,25-26,28,31-34,44H,1-2,7,17-22H2,3-4H3,(H,41,46)/t25-,26?,28+,31-,32+,33-,34-,38+/m1/s1. The van der Waals surface area contributed by atoms with Crippen molar-refractivity contribution in [2.75, 3.05) is 24.7 Å². The fraction of sp³-hybridized carbons (Fsp3) is 0.474. The van der Waals surface area contributed by atoms with Crippen LogP contribution < -0.4 is 10.2 Å². The lowest BCUT2D eigenvalue weighted by Crippen LogP contribution is -2.59. The number of aliphatic hydroxyl groups is 1. The third-order valence-corrected chi connectivity index (χ3v) is 11.0. The van der Waals surface area contributed by atoms with Gasteiger partial charge in [0.05, 0.1) is 47.3 Å². The molecule has 5 rings (SSSR count). The number of benzene rings is 2. The summed E-state index contributed by atoms with van der Waals surface area (Å²) in [5.41, 5.74) is -0.211. The number of para-hydroxylation sites is 1. The number of hydrogen-bond acceptors (Lipinski definition) is 7. The summed E-state index contributed by atoms with van der Waals surface area (Å²) in [4.78, 5) is 59.2. The predicted molar refractivity (Wildman–Crippen MR) is 195 cm³/mol. The van der Waals surface area contributed by atoms with Crippen LogP contribution >= 0.6 is 27.5 Å². The molecule has 8 atom stereocenters. The molecular weight excluding hydrogens is 726 g/mol. The molecule has 0 radical (unpaired) electrons. The number of nitrogens with zero attached hydrogens (tertiary/aromatic N) is 2. The van der Waals surface area contributed by atoms with Gasteiger partial charge in [0.15, 0.2) is 0 Å². The summed E-state index contributed by atoms with van der Waals surface area (Å²) in [6.45, 7) is 11.1. The van der Waals surface area contributed by atoms with Gasteiger partial charge in [-0.15, -0.1) is 13.2 Å². The summed E-state index contributed by atoms with van der Waals surface area (Å²) >= 11 is 10.3. The first-order valence-corrected chi connectivity index (χ1v) is 18.3. The number of rotatable bonds is 16. The molecule has 2 aromatic carbocycles. The summed E-state index contributed by atoms with van der Waals surface area (Å²) in [5, 5.41) is 14.1. The molecule has 2 N–H and O–H groups in total. The van der Waals surface area contributed by atoms with Gasteiger partial charge in [0.25, 0.3) is 5.91 Å². The van der Waals surface area contributed by atoms with Crippen molar-refractivity contribution in [3.8, 4) is 0 Å². The van der Waals surface area contributed by atoms with Gasteiger partial charge in [-0.1, -0.05) is 96.0 Å². The van der Waals surface area contributed by atoms with Crippen molar-refractivity contribution in [2.24, 2.45) is 17.8 Å². The average molecular weight is 771 g/mol. The molecule has 10 nitrogen and oxygen atoms in total. The largest absolute Gasteiger partial charge is 0.463 e. The number of alkyl halides is 1. The first-order chi connectivity index (χ1) is 24.0. The number of allylic oxidation sites excluding steroid dienone is 1. The molecule has 12 heteroatoms. The van der Waals surface area contributed by atoms with Gasteiger partial charge < -0.3 is 29.7 Å². The first kappa shape index (κ1) is 37.7. The highest BCUT2D eigenvalue weighted by Gasteiger charge is 2.77. The van der Waals surface area contributed by atoms with Crippen molar-refractivity contribution < 1.29 is 33.8 Å². The molecule has 3 saturated heterocycles. The van der Waals surface area contributed by atoms with E-state index < -0.39 is 65.4 Å². The topological polar surface area (TPSA) is 125 Å². The summed E-state index contributed by atoms with van der Waals surface area (Å²) in [7, 11) is 0. The molecule has 3 aliphatic heterocycles. The van der Waals surface area contributed by atoms with Crippen LogP contribution in [0.3, 0.4) is 0 Å². The lowest BCUT2D eigenvalue weighted by molar-refractivity contribution is -0.146. The fourth-order valence-electron chi connectivity index (χ4n) is 7.76. The van der Waals surface area contributed by atoms with Gasteiger partial charge in [-0.25, -0.2) is 0 Å². The van der Waals surface area contributed by atoms with Gasteiger partial charge >= 0.3 is 5.97 Å². The summed E-state index contributed by atoms with van der Waals surface area (Å²) < 4.78 is 12.3. The number of carbonyl (C=O) groups is 4. The van der Waals surface area contributed by atoms with Crippen molar-refractivity contribution in [1.82, 2.24) is 10.2 Å². The molecule has 0 aromatic heterocycles. The third kappa shape index (κ3) is 7.28. The zero-order chi connectivity index (χ0) is 36.2. The van der Waals surface area contributed by atoms with E-state index >= 15 is 0 Å². The normalized spacial score (nSPS) is 26.3. The highest BCUT2D eigenvalue weighted by Crippen LogP contribution is 2.61. The minimum atomic E-state index is -1.38. The molecule has 2 aromatic rings. The van der Waals surface area contributed by atoms with E-state index in [0.717, 1.165) is 5.56 Å². The second-order valence-electron chi connectivity index (χ2n) is 13.5. The van der Waals surface area contributed by atoms with Gasteiger partial charge in [0.2, 0.25) is 11.8 Å². The Morgan fingerprint density at radius 3 is 2.50 bits per heavy atom. The summed E-state index contributed by atoms with van der Waals surface area (Å²) in [6.07, 6.45) is 3.83. The number of halogens is 2. The number of hydrogen-bond donors (Lipinski definition) is 2. The number of ether oxygens (including phenoxy) is 2. The van der Waals surface area contributed by atoms with Gasteiger partial charge in [0.1, 0.15) is 18.2 Å². The number of likely N-dealkylation sites (tertiary alicyclic amines) is 1. The van der Waals surface area contributed by atoms with Crippen molar-refractivity contribution in [3.05, 3.63) is 90.5 Å². The molecule has 0 aliphatic carbocycles. The minimum Gasteiger partial charge on any atom is -0.463 e. The Morgan fingerprint density at radius 1 is 1.16 bits per heavy atom. The van der Waals surface area contributed by atoms with E-state index in [1.54, 1.807) is 36.4 Å². The van der Waals surface area contributed by atoms with Crippen LogP contribution in [-0.2, 0) is 28.7 Å². The first-order valence-electron chi connectivity index (χ1n) is 17.0. The van der Waals surface area contributed by atoms with E-state index in [4.69, 9.17) is 21.1 Å². The highest BCUT2D eigenvalue weighted by atomic mass is 79.9. The number of anilines is 1. The van der Waals surface area contributed by atoms with Crippen molar-refractivity contribution >= 4 is 56.9 Å². The van der Waals surface area contributed by atoms with E-state index in [1.807, 2.05) is 44.2 Å². The van der Waals surface area contributed by atoms with Crippen LogP contribution in [0.1, 0.15) is 51.1 Å². The Bertz CT molecular complexity index is 1590. The molecule has 1 unspecified atom stereocenters. The molecule has 2 bridgehead atoms. The zero-order valence-corrected chi connectivity index (χ0v) is 30.7. The van der Waals surface area contributed by atoms with Crippen molar-refractivity contribution in [1.29, 1.82) is 0 Å². The molecule has 3 amide bonds. The van der Waals surface area contributed by atoms with Gasteiger partial charge in [-0.05, 0) is 42.9 Å². The SMILES string of the molecule is C=CCCC(=O)OC[C@H](NC(=O)[C@H]1[C@@H]2O[C@@]3(CC2Br)[C@@H]1C(=O)N([C@@H](CO)CC(C)C)[C@@H]3C(=O)N(CC=C)c1ccccc1Cl)c1ccccc1. The maximum atomic E-state index is 14.9. The smallest absolute Gasteiger partial charge is 0.306 e. The van der Waals surface area contributed by atoms with Crippen LogP contribution in [0.5, 0.6) is 0 Å². The van der Waals surface area contributed by atoms with Gasteiger partial charge in [-0.3, -0.25) is 19.2 Å². The Kier molecular flexibility index (Phi) is 12.2.